The van der Waals surface area contributed by atoms with E-state index in [0.717, 1.165) is 73.1 Å². The number of imidazole rings is 1. The Morgan fingerprint density at radius 3 is 2.31 bits per heavy atom. The lowest BCUT2D eigenvalue weighted by Crippen LogP contribution is -2.29. The van der Waals surface area contributed by atoms with Crippen LogP contribution in [0.4, 0.5) is 5.82 Å². The summed E-state index contributed by atoms with van der Waals surface area (Å²) in [5.74, 6) is 2.08. The summed E-state index contributed by atoms with van der Waals surface area (Å²) >= 11 is 4.94. The molecule has 1 saturated heterocycles. The third-order valence-corrected chi connectivity index (χ3v) is 7.40. The summed E-state index contributed by atoms with van der Waals surface area (Å²) in [6, 6.07) is 23.1. The summed E-state index contributed by atoms with van der Waals surface area (Å²) in [6.07, 6.45) is 7.03. The zero-order valence-corrected chi connectivity index (χ0v) is 21.4. The highest BCUT2D eigenvalue weighted by molar-refractivity contribution is 7.80. The van der Waals surface area contributed by atoms with Gasteiger partial charge in [0, 0.05) is 42.5 Å². The molecule has 1 aliphatic rings. The Hall–Kier alpha value is -2.99. The van der Waals surface area contributed by atoms with Crippen molar-refractivity contribution in [3.8, 4) is 22.5 Å². The van der Waals surface area contributed by atoms with E-state index in [9.17, 15) is 0 Å². The number of hydrogen-bond donors (Lipinski definition) is 2. The predicted molar refractivity (Wildman–Crippen MR) is 148 cm³/mol. The van der Waals surface area contributed by atoms with Crippen molar-refractivity contribution >= 4 is 18.4 Å². The fourth-order valence-corrected chi connectivity index (χ4v) is 5.21. The van der Waals surface area contributed by atoms with Gasteiger partial charge in [-0.25, -0.2) is 4.98 Å². The normalized spacial score (nSPS) is 14.9. The SMILES string of the molecule is Cc1cc(N2CCCCC2)nn1CCCCC(S)c1nc(-c2ccccc2)c(-c2ccccc2)[nH]1. The number of anilines is 1. The number of nitrogens with zero attached hydrogens (tertiary/aromatic N) is 4. The van der Waals surface area contributed by atoms with E-state index in [1.165, 1.54) is 25.0 Å². The number of rotatable bonds is 9. The van der Waals surface area contributed by atoms with E-state index in [0.29, 0.717) is 0 Å². The van der Waals surface area contributed by atoms with E-state index >= 15 is 0 Å². The van der Waals surface area contributed by atoms with Gasteiger partial charge in [-0.3, -0.25) is 4.68 Å². The molecule has 0 spiro atoms. The molecule has 0 aliphatic carbocycles. The number of unbranched alkanes of at least 4 members (excludes halogenated alkanes) is 1. The second kappa shape index (κ2) is 11.2. The number of hydrogen-bond acceptors (Lipinski definition) is 4. The van der Waals surface area contributed by atoms with Crippen LogP contribution in [-0.4, -0.2) is 32.8 Å². The molecule has 6 heteroatoms. The lowest BCUT2D eigenvalue weighted by atomic mass is 10.1. The molecule has 0 radical (unpaired) electrons. The van der Waals surface area contributed by atoms with Crippen LogP contribution < -0.4 is 4.90 Å². The summed E-state index contributed by atoms with van der Waals surface area (Å²) in [6.45, 7) is 5.39. The van der Waals surface area contributed by atoms with E-state index in [4.69, 9.17) is 22.7 Å². The van der Waals surface area contributed by atoms with Crippen molar-refractivity contribution in [2.45, 2.75) is 57.2 Å². The fraction of sp³-hybridized carbons (Fsp3) is 0.379. The van der Waals surface area contributed by atoms with Gasteiger partial charge in [0.25, 0.3) is 0 Å². The van der Waals surface area contributed by atoms with Crippen LogP contribution in [0.5, 0.6) is 0 Å². The number of nitrogens with one attached hydrogen (secondary N) is 1. The molecule has 2 aromatic heterocycles. The third-order valence-electron chi connectivity index (χ3n) is 6.89. The van der Waals surface area contributed by atoms with E-state index < -0.39 is 0 Å². The van der Waals surface area contributed by atoms with Crippen molar-refractivity contribution in [2.75, 3.05) is 18.0 Å². The summed E-state index contributed by atoms with van der Waals surface area (Å²) < 4.78 is 2.17. The van der Waals surface area contributed by atoms with Crippen molar-refractivity contribution in [1.29, 1.82) is 0 Å². The molecule has 1 fully saturated rings. The number of thiol groups is 1. The quantitative estimate of drug-likeness (QED) is 0.197. The number of piperidine rings is 1. The first-order chi connectivity index (χ1) is 17.2. The molecule has 0 bridgehead atoms. The molecule has 0 amide bonds. The maximum Gasteiger partial charge on any atom is 0.150 e. The maximum absolute atomic E-state index is 5.01. The Balaban J connectivity index is 1.22. The second-order valence-electron chi connectivity index (χ2n) is 9.50. The molecule has 0 saturated carbocycles. The zero-order valence-electron chi connectivity index (χ0n) is 20.5. The average Bonchev–Trinajstić information content (AvgIpc) is 3.52. The van der Waals surface area contributed by atoms with Crippen LogP contribution in [0, 0.1) is 6.92 Å². The maximum atomic E-state index is 5.01. The summed E-state index contributed by atoms with van der Waals surface area (Å²) in [5, 5.41) is 4.96. The van der Waals surface area contributed by atoms with Gasteiger partial charge in [-0.2, -0.15) is 17.7 Å². The van der Waals surface area contributed by atoms with Crippen molar-refractivity contribution in [2.24, 2.45) is 0 Å². The van der Waals surface area contributed by atoms with Gasteiger partial charge in [0.05, 0.1) is 16.6 Å². The molecule has 3 heterocycles. The topological polar surface area (TPSA) is 49.7 Å². The zero-order chi connectivity index (χ0) is 24.0. The van der Waals surface area contributed by atoms with Crippen molar-refractivity contribution in [3.05, 3.63) is 78.2 Å². The number of aryl methyl sites for hydroxylation is 2. The first-order valence-corrected chi connectivity index (χ1v) is 13.4. The first-order valence-electron chi connectivity index (χ1n) is 12.9. The predicted octanol–water partition coefficient (Wildman–Crippen LogP) is 7.08. The molecule has 4 aromatic rings. The van der Waals surface area contributed by atoms with Crippen molar-refractivity contribution in [1.82, 2.24) is 19.7 Å². The monoisotopic (exact) mass is 485 g/mol. The summed E-state index contributed by atoms with van der Waals surface area (Å²) in [5.41, 5.74) is 5.56. The van der Waals surface area contributed by atoms with Crippen LogP contribution in [0.2, 0.25) is 0 Å². The molecule has 1 unspecified atom stereocenters. The Morgan fingerprint density at radius 2 is 1.60 bits per heavy atom. The first kappa shape index (κ1) is 23.7. The molecule has 35 heavy (non-hydrogen) atoms. The molecule has 2 aromatic carbocycles. The van der Waals surface area contributed by atoms with Gasteiger partial charge in [0.1, 0.15) is 5.82 Å². The summed E-state index contributed by atoms with van der Waals surface area (Å²) in [7, 11) is 0. The second-order valence-corrected chi connectivity index (χ2v) is 10.1. The van der Waals surface area contributed by atoms with E-state index in [1.54, 1.807) is 0 Å². The lowest BCUT2D eigenvalue weighted by Gasteiger charge is -2.26. The van der Waals surface area contributed by atoms with Crippen LogP contribution in [0.15, 0.2) is 66.7 Å². The largest absolute Gasteiger partial charge is 0.355 e. The third kappa shape index (κ3) is 5.64. The lowest BCUT2D eigenvalue weighted by molar-refractivity contribution is 0.523. The molecule has 5 rings (SSSR count). The van der Waals surface area contributed by atoms with Crippen LogP contribution in [-0.2, 0) is 6.54 Å². The minimum absolute atomic E-state index is 0.0672. The van der Waals surface area contributed by atoms with Crippen molar-refractivity contribution in [3.63, 3.8) is 0 Å². The van der Waals surface area contributed by atoms with Gasteiger partial charge in [-0.05, 0) is 39.0 Å². The minimum atomic E-state index is 0.0672. The molecule has 1 N–H and O–H groups in total. The number of aromatic amines is 1. The van der Waals surface area contributed by atoms with Crippen LogP contribution >= 0.6 is 12.6 Å². The smallest absolute Gasteiger partial charge is 0.150 e. The van der Waals surface area contributed by atoms with E-state index in [1.807, 2.05) is 12.1 Å². The standard InChI is InChI=1S/C29H35N5S/c1-22-21-26(33-18-10-4-11-19-33)32-34(22)20-12-9-17-25(35)29-30-27(23-13-5-2-6-14-23)28(31-29)24-15-7-3-8-16-24/h2-3,5-8,13-16,21,25,35H,4,9-12,17-20H2,1H3,(H,30,31). The molecule has 5 nitrogen and oxygen atoms in total. The summed E-state index contributed by atoms with van der Waals surface area (Å²) in [4.78, 5) is 11.0. The highest BCUT2D eigenvalue weighted by Crippen LogP contribution is 2.34. The Kier molecular flexibility index (Phi) is 7.57. The van der Waals surface area contributed by atoms with Crippen LogP contribution in [0.3, 0.4) is 0 Å². The molecule has 1 aliphatic heterocycles. The van der Waals surface area contributed by atoms with E-state index in [-0.39, 0.29) is 5.25 Å². The highest BCUT2D eigenvalue weighted by Gasteiger charge is 2.18. The Labute approximate surface area is 214 Å². The average molecular weight is 486 g/mol. The number of H-pyrrole nitrogens is 1. The minimum Gasteiger partial charge on any atom is -0.355 e. The molecule has 182 valence electrons. The van der Waals surface area contributed by atoms with Gasteiger partial charge in [0.2, 0.25) is 0 Å². The molecule has 1 atom stereocenters. The van der Waals surface area contributed by atoms with Crippen LogP contribution in [0.1, 0.15) is 55.3 Å². The van der Waals surface area contributed by atoms with Crippen LogP contribution in [0.25, 0.3) is 22.5 Å². The van der Waals surface area contributed by atoms with Gasteiger partial charge in [-0.15, -0.1) is 0 Å². The highest BCUT2D eigenvalue weighted by atomic mass is 32.1. The van der Waals surface area contributed by atoms with Crippen molar-refractivity contribution < 1.29 is 0 Å². The number of benzene rings is 2. The van der Waals surface area contributed by atoms with Gasteiger partial charge >= 0.3 is 0 Å². The van der Waals surface area contributed by atoms with Gasteiger partial charge < -0.3 is 9.88 Å². The van der Waals surface area contributed by atoms with Gasteiger partial charge in [0.15, 0.2) is 5.82 Å². The molecular weight excluding hydrogens is 450 g/mol. The number of aromatic nitrogens is 4. The fourth-order valence-electron chi connectivity index (χ4n) is 4.90. The van der Waals surface area contributed by atoms with Gasteiger partial charge in [-0.1, -0.05) is 67.1 Å². The Bertz CT molecular complexity index is 1150. The van der Waals surface area contributed by atoms with E-state index in [2.05, 4.69) is 76.1 Å². The Morgan fingerprint density at radius 1 is 0.914 bits per heavy atom. The molecular formula is C29H35N5S.